The number of hydrogen-bond donors (Lipinski definition) is 1. The largest absolute Gasteiger partial charge is 0.495 e. The van der Waals surface area contributed by atoms with E-state index in [0.717, 1.165) is 12.8 Å². The highest BCUT2D eigenvalue weighted by Gasteiger charge is 2.36. The molecule has 6 nitrogen and oxygen atoms in total. The Morgan fingerprint density at radius 2 is 2.08 bits per heavy atom. The number of carbonyl (C=O) groups is 1. The summed E-state index contributed by atoms with van der Waals surface area (Å²) in [5.41, 5.74) is 0. The standard InChI is InChI=1S/C16H21ClN2O4S/c1-23-14-7-4-12(17)9-15(14)24(21,22)19-8-2-3-11(10-19)16(20)18-13-5-6-13/h4,7,9,11,13H,2-3,5-6,8,10H2,1H3,(H,18,20)/t11-/m0/s1. The maximum Gasteiger partial charge on any atom is 0.246 e. The number of methoxy groups -OCH3 is 1. The average Bonchev–Trinajstić information content (AvgIpc) is 3.39. The quantitative estimate of drug-likeness (QED) is 0.858. The van der Waals surface area contributed by atoms with Gasteiger partial charge in [-0.05, 0) is 43.9 Å². The van der Waals surface area contributed by atoms with Crippen molar-refractivity contribution in [2.75, 3.05) is 20.2 Å². The molecule has 0 aromatic heterocycles. The number of sulfonamides is 1. The summed E-state index contributed by atoms with van der Waals surface area (Å²) in [6.45, 7) is 0.585. The first-order chi connectivity index (χ1) is 11.4. The number of carbonyl (C=O) groups excluding carboxylic acids is 1. The highest BCUT2D eigenvalue weighted by Crippen LogP contribution is 2.32. The molecule has 1 heterocycles. The van der Waals surface area contributed by atoms with Gasteiger partial charge in [-0.2, -0.15) is 4.31 Å². The lowest BCUT2D eigenvalue weighted by Crippen LogP contribution is -2.45. The van der Waals surface area contributed by atoms with Gasteiger partial charge in [-0.15, -0.1) is 0 Å². The van der Waals surface area contributed by atoms with Crippen LogP contribution in [0, 0.1) is 5.92 Å². The normalized spacial score (nSPS) is 22.2. The molecule has 1 atom stereocenters. The van der Waals surface area contributed by atoms with E-state index < -0.39 is 10.0 Å². The third kappa shape index (κ3) is 3.68. The molecule has 1 saturated carbocycles. The zero-order chi connectivity index (χ0) is 17.3. The number of rotatable bonds is 5. The summed E-state index contributed by atoms with van der Waals surface area (Å²) in [6, 6.07) is 4.79. The Kier molecular flexibility index (Phi) is 5.03. The van der Waals surface area contributed by atoms with Crippen LogP contribution in [0.1, 0.15) is 25.7 Å². The molecule has 1 aromatic rings. The number of benzene rings is 1. The third-order valence-corrected chi connectivity index (χ3v) is 6.54. The minimum absolute atomic E-state index is 0.0424. The van der Waals surface area contributed by atoms with E-state index in [1.54, 1.807) is 6.07 Å². The first-order valence-electron chi connectivity index (χ1n) is 8.06. The molecule has 0 radical (unpaired) electrons. The topological polar surface area (TPSA) is 75.7 Å². The second-order valence-electron chi connectivity index (χ2n) is 6.28. The van der Waals surface area contributed by atoms with Crippen LogP contribution in [0.2, 0.25) is 5.02 Å². The lowest BCUT2D eigenvalue weighted by Gasteiger charge is -2.31. The number of piperidine rings is 1. The second kappa shape index (κ2) is 6.90. The predicted octanol–water partition coefficient (Wildman–Crippen LogP) is 2.03. The Morgan fingerprint density at radius 3 is 2.75 bits per heavy atom. The first kappa shape index (κ1) is 17.5. The van der Waals surface area contributed by atoms with Gasteiger partial charge in [0.2, 0.25) is 15.9 Å². The van der Waals surface area contributed by atoms with Gasteiger partial charge >= 0.3 is 0 Å². The molecular weight excluding hydrogens is 352 g/mol. The molecule has 1 N–H and O–H groups in total. The van der Waals surface area contributed by atoms with Crippen LogP contribution in [0.25, 0.3) is 0 Å². The summed E-state index contributed by atoms with van der Waals surface area (Å²) in [5, 5.41) is 3.29. The van der Waals surface area contributed by atoms with E-state index in [9.17, 15) is 13.2 Å². The van der Waals surface area contributed by atoms with Crippen molar-refractivity contribution in [1.82, 2.24) is 9.62 Å². The van der Waals surface area contributed by atoms with E-state index in [-0.39, 0.29) is 35.1 Å². The number of hydrogen-bond acceptors (Lipinski definition) is 4. The molecule has 1 aliphatic carbocycles. The third-order valence-electron chi connectivity index (χ3n) is 4.42. The summed E-state index contributed by atoms with van der Waals surface area (Å²) in [6.07, 6.45) is 3.39. The molecule has 1 saturated heterocycles. The van der Waals surface area contributed by atoms with Gasteiger partial charge in [-0.25, -0.2) is 8.42 Å². The van der Waals surface area contributed by atoms with E-state index in [1.807, 2.05) is 0 Å². The molecule has 2 fully saturated rings. The average molecular weight is 373 g/mol. The first-order valence-corrected chi connectivity index (χ1v) is 9.87. The Balaban J connectivity index is 1.81. The number of amides is 1. The van der Waals surface area contributed by atoms with Crippen molar-refractivity contribution in [2.24, 2.45) is 5.92 Å². The molecule has 0 bridgehead atoms. The molecule has 2 aliphatic rings. The fourth-order valence-corrected chi connectivity index (χ4v) is 4.85. The van der Waals surface area contributed by atoms with Gasteiger partial charge in [-0.3, -0.25) is 4.79 Å². The Bertz CT molecular complexity index is 734. The van der Waals surface area contributed by atoms with E-state index >= 15 is 0 Å². The summed E-state index contributed by atoms with van der Waals surface area (Å²) < 4.78 is 32.5. The smallest absolute Gasteiger partial charge is 0.246 e. The van der Waals surface area contributed by atoms with E-state index in [1.165, 1.54) is 23.5 Å². The van der Waals surface area contributed by atoms with Gasteiger partial charge in [0, 0.05) is 24.2 Å². The van der Waals surface area contributed by atoms with Crippen molar-refractivity contribution in [3.05, 3.63) is 23.2 Å². The van der Waals surface area contributed by atoms with Crippen molar-refractivity contribution in [1.29, 1.82) is 0 Å². The Morgan fingerprint density at radius 1 is 1.33 bits per heavy atom. The number of nitrogens with one attached hydrogen (secondary N) is 1. The van der Waals surface area contributed by atoms with Gasteiger partial charge in [0.15, 0.2) is 0 Å². The van der Waals surface area contributed by atoms with Crippen LogP contribution in [0.3, 0.4) is 0 Å². The van der Waals surface area contributed by atoms with Gasteiger partial charge < -0.3 is 10.1 Å². The van der Waals surface area contributed by atoms with Crippen molar-refractivity contribution in [3.8, 4) is 5.75 Å². The van der Waals surface area contributed by atoms with E-state index in [2.05, 4.69) is 5.32 Å². The summed E-state index contributed by atoms with van der Waals surface area (Å²) in [7, 11) is -2.34. The monoisotopic (exact) mass is 372 g/mol. The van der Waals surface area contributed by atoms with Crippen LogP contribution in [-0.2, 0) is 14.8 Å². The summed E-state index contributed by atoms with van der Waals surface area (Å²) >= 11 is 5.96. The summed E-state index contributed by atoms with van der Waals surface area (Å²) in [5.74, 6) is -0.0984. The molecule has 1 amide bonds. The Labute approximate surface area is 147 Å². The van der Waals surface area contributed by atoms with Crippen molar-refractivity contribution in [2.45, 2.75) is 36.6 Å². The maximum atomic E-state index is 13.0. The van der Waals surface area contributed by atoms with Gasteiger partial charge in [0.25, 0.3) is 0 Å². The Hall–Kier alpha value is -1.31. The van der Waals surface area contributed by atoms with E-state index in [4.69, 9.17) is 16.3 Å². The van der Waals surface area contributed by atoms with Crippen LogP contribution in [0.5, 0.6) is 5.75 Å². The molecule has 132 valence electrons. The van der Waals surface area contributed by atoms with Gasteiger partial charge in [0.05, 0.1) is 13.0 Å². The maximum absolute atomic E-state index is 13.0. The SMILES string of the molecule is COc1ccc(Cl)cc1S(=O)(=O)N1CCC[C@H](C(=O)NC2CC2)C1. The van der Waals surface area contributed by atoms with Gasteiger partial charge in [-0.1, -0.05) is 11.6 Å². The zero-order valence-corrected chi connectivity index (χ0v) is 15.1. The van der Waals surface area contributed by atoms with Crippen LogP contribution in [-0.4, -0.2) is 44.9 Å². The zero-order valence-electron chi connectivity index (χ0n) is 13.5. The van der Waals surface area contributed by atoms with Gasteiger partial charge in [0.1, 0.15) is 10.6 Å². The van der Waals surface area contributed by atoms with Crippen molar-refractivity contribution < 1.29 is 17.9 Å². The fourth-order valence-electron chi connectivity index (χ4n) is 2.91. The van der Waals surface area contributed by atoms with E-state index in [0.29, 0.717) is 24.4 Å². The lowest BCUT2D eigenvalue weighted by atomic mass is 9.99. The molecule has 0 unspecified atom stereocenters. The van der Waals surface area contributed by atoms with Crippen LogP contribution >= 0.6 is 11.6 Å². The minimum atomic E-state index is -3.76. The molecule has 1 aliphatic heterocycles. The van der Waals surface area contributed by atoms with Crippen molar-refractivity contribution in [3.63, 3.8) is 0 Å². The van der Waals surface area contributed by atoms with Crippen LogP contribution in [0.4, 0.5) is 0 Å². The number of halogens is 1. The number of ether oxygens (including phenoxy) is 1. The lowest BCUT2D eigenvalue weighted by molar-refractivity contribution is -0.126. The second-order valence-corrected chi connectivity index (χ2v) is 8.62. The molecule has 24 heavy (non-hydrogen) atoms. The van der Waals surface area contributed by atoms with Crippen LogP contribution < -0.4 is 10.1 Å². The fraction of sp³-hybridized carbons (Fsp3) is 0.562. The predicted molar refractivity (Wildman–Crippen MR) is 90.7 cm³/mol. The van der Waals surface area contributed by atoms with Crippen molar-refractivity contribution >= 4 is 27.5 Å². The minimum Gasteiger partial charge on any atom is -0.495 e. The molecule has 3 rings (SSSR count). The molecule has 8 heteroatoms. The summed E-state index contributed by atoms with van der Waals surface area (Å²) in [4.78, 5) is 12.3. The van der Waals surface area contributed by atoms with Crippen LogP contribution in [0.15, 0.2) is 23.1 Å². The highest BCUT2D eigenvalue weighted by molar-refractivity contribution is 7.89. The highest BCUT2D eigenvalue weighted by atomic mass is 35.5. The molecular formula is C16H21ClN2O4S. The molecule has 1 aromatic carbocycles. The molecule has 0 spiro atoms. The number of nitrogens with zero attached hydrogens (tertiary/aromatic N) is 1.